The van der Waals surface area contributed by atoms with Crippen LogP contribution in [0.5, 0.6) is 17.2 Å². The van der Waals surface area contributed by atoms with Crippen molar-refractivity contribution < 1.29 is 28.9 Å². The highest BCUT2D eigenvalue weighted by Crippen LogP contribution is 2.41. The first-order valence-corrected chi connectivity index (χ1v) is 10.8. The second-order valence-electron chi connectivity index (χ2n) is 8.05. The Morgan fingerprint density at radius 1 is 1.03 bits per heavy atom. The predicted octanol–water partition coefficient (Wildman–Crippen LogP) is 4.35. The molecule has 2 aliphatic rings. The van der Waals surface area contributed by atoms with Gasteiger partial charge in [-0.2, -0.15) is 0 Å². The van der Waals surface area contributed by atoms with Gasteiger partial charge in [-0.05, 0) is 54.3 Å². The van der Waals surface area contributed by atoms with Gasteiger partial charge in [-0.25, -0.2) is 4.79 Å². The molecule has 2 heterocycles. The number of para-hydroxylation sites is 1. The third-order valence-electron chi connectivity index (χ3n) is 5.94. The fourth-order valence-electron chi connectivity index (χ4n) is 4.28. The summed E-state index contributed by atoms with van der Waals surface area (Å²) in [6, 6.07) is 19.9. The SMILES string of the molecule is O=C(O)[C@@H]1CCCN1C(=O)c1cccc(COc2ccc(-c3cccc4c3OCO4)cc2)c1. The highest BCUT2D eigenvalue weighted by molar-refractivity contribution is 5.97. The van der Waals surface area contributed by atoms with Crippen molar-refractivity contribution in [2.24, 2.45) is 0 Å². The zero-order valence-electron chi connectivity index (χ0n) is 17.9. The maximum Gasteiger partial charge on any atom is 0.326 e. The average Bonchev–Trinajstić information content (AvgIpc) is 3.52. The fourth-order valence-corrected chi connectivity index (χ4v) is 4.28. The molecule has 0 radical (unpaired) electrons. The van der Waals surface area contributed by atoms with Gasteiger partial charge in [-0.1, -0.05) is 36.4 Å². The second kappa shape index (κ2) is 8.86. The zero-order valence-corrected chi connectivity index (χ0v) is 17.9. The summed E-state index contributed by atoms with van der Waals surface area (Å²) in [5, 5.41) is 9.36. The van der Waals surface area contributed by atoms with Crippen LogP contribution in [0, 0.1) is 0 Å². The van der Waals surface area contributed by atoms with Gasteiger partial charge in [0.15, 0.2) is 11.5 Å². The lowest BCUT2D eigenvalue weighted by atomic mass is 10.0. The van der Waals surface area contributed by atoms with Crippen LogP contribution in [0.15, 0.2) is 66.7 Å². The first-order valence-electron chi connectivity index (χ1n) is 10.8. The fraction of sp³-hybridized carbons (Fsp3) is 0.231. The molecule has 7 heteroatoms. The van der Waals surface area contributed by atoms with Gasteiger partial charge in [-0.3, -0.25) is 4.79 Å². The Kier molecular flexibility index (Phi) is 5.60. The van der Waals surface area contributed by atoms with Gasteiger partial charge in [0.05, 0.1) is 0 Å². The van der Waals surface area contributed by atoms with Crippen LogP contribution in [0.3, 0.4) is 0 Å². The number of benzene rings is 3. The molecular weight excluding hydrogens is 422 g/mol. The van der Waals surface area contributed by atoms with E-state index in [1.165, 1.54) is 4.90 Å². The molecule has 1 saturated heterocycles. The summed E-state index contributed by atoms with van der Waals surface area (Å²) in [6.07, 6.45) is 1.19. The Hall–Kier alpha value is -4.00. The van der Waals surface area contributed by atoms with Crippen molar-refractivity contribution >= 4 is 11.9 Å². The van der Waals surface area contributed by atoms with Crippen molar-refractivity contribution in [1.29, 1.82) is 0 Å². The first kappa shape index (κ1) is 20.9. The highest BCUT2D eigenvalue weighted by atomic mass is 16.7. The van der Waals surface area contributed by atoms with Crippen molar-refractivity contribution in [3.8, 4) is 28.4 Å². The predicted molar refractivity (Wildman–Crippen MR) is 120 cm³/mol. The van der Waals surface area contributed by atoms with E-state index in [2.05, 4.69) is 0 Å². The number of carboxylic acid groups (broad SMARTS) is 1. The van der Waals surface area contributed by atoms with E-state index >= 15 is 0 Å². The molecule has 0 spiro atoms. The van der Waals surface area contributed by atoms with Crippen LogP contribution in [-0.4, -0.2) is 41.3 Å². The molecule has 0 aromatic heterocycles. The molecule has 7 nitrogen and oxygen atoms in total. The van der Waals surface area contributed by atoms with Crippen molar-refractivity contribution in [3.05, 3.63) is 77.9 Å². The van der Waals surface area contributed by atoms with E-state index in [-0.39, 0.29) is 12.7 Å². The minimum atomic E-state index is -0.955. The lowest BCUT2D eigenvalue weighted by molar-refractivity contribution is -0.141. The molecule has 168 valence electrons. The minimum Gasteiger partial charge on any atom is -0.489 e. The van der Waals surface area contributed by atoms with Crippen LogP contribution < -0.4 is 14.2 Å². The number of nitrogens with zero attached hydrogens (tertiary/aromatic N) is 1. The van der Waals surface area contributed by atoms with Crippen LogP contribution >= 0.6 is 0 Å². The number of aliphatic carboxylic acids is 1. The van der Waals surface area contributed by atoms with E-state index in [9.17, 15) is 14.7 Å². The summed E-state index contributed by atoms with van der Waals surface area (Å²) in [6.45, 7) is 0.981. The first-order chi connectivity index (χ1) is 16.1. The van der Waals surface area contributed by atoms with Crippen molar-refractivity contribution in [1.82, 2.24) is 4.90 Å². The molecule has 33 heavy (non-hydrogen) atoms. The number of carboxylic acids is 1. The lowest BCUT2D eigenvalue weighted by Crippen LogP contribution is -2.40. The van der Waals surface area contributed by atoms with E-state index in [0.717, 1.165) is 28.2 Å². The number of likely N-dealkylation sites (tertiary alicyclic amines) is 1. The molecule has 1 fully saturated rings. The summed E-state index contributed by atoms with van der Waals surface area (Å²) in [4.78, 5) is 25.7. The number of hydrogen-bond donors (Lipinski definition) is 1. The number of rotatable bonds is 6. The largest absolute Gasteiger partial charge is 0.489 e. The summed E-state index contributed by atoms with van der Waals surface area (Å²) in [7, 11) is 0. The molecule has 5 rings (SSSR count). The maximum atomic E-state index is 12.8. The quantitative estimate of drug-likeness (QED) is 0.607. The van der Waals surface area contributed by atoms with Crippen LogP contribution in [-0.2, 0) is 11.4 Å². The monoisotopic (exact) mass is 445 g/mol. The van der Waals surface area contributed by atoms with Crippen LogP contribution in [0.1, 0.15) is 28.8 Å². The van der Waals surface area contributed by atoms with E-state index in [0.29, 0.717) is 37.3 Å². The Morgan fingerprint density at radius 3 is 2.67 bits per heavy atom. The van der Waals surface area contributed by atoms with Gasteiger partial charge >= 0.3 is 5.97 Å². The van der Waals surface area contributed by atoms with Crippen LogP contribution in [0.4, 0.5) is 0 Å². The van der Waals surface area contributed by atoms with Gasteiger partial charge in [0.25, 0.3) is 5.91 Å². The normalized spacial score (nSPS) is 16.6. The van der Waals surface area contributed by atoms with E-state index in [4.69, 9.17) is 14.2 Å². The lowest BCUT2D eigenvalue weighted by Gasteiger charge is -2.21. The van der Waals surface area contributed by atoms with Gasteiger partial charge in [0.2, 0.25) is 6.79 Å². The summed E-state index contributed by atoms with van der Waals surface area (Å²) >= 11 is 0. The molecule has 0 bridgehead atoms. The Labute approximate surface area is 191 Å². The zero-order chi connectivity index (χ0) is 22.8. The highest BCUT2D eigenvalue weighted by Gasteiger charge is 2.34. The third-order valence-corrected chi connectivity index (χ3v) is 5.94. The molecule has 1 atom stereocenters. The van der Waals surface area contributed by atoms with Gasteiger partial charge in [0.1, 0.15) is 18.4 Å². The number of fused-ring (bicyclic) bond motifs is 1. The van der Waals surface area contributed by atoms with Gasteiger partial charge in [-0.15, -0.1) is 0 Å². The number of carbonyl (C=O) groups excluding carboxylic acids is 1. The average molecular weight is 445 g/mol. The minimum absolute atomic E-state index is 0.226. The molecule has 3 aromatic carbocycles. The van der Waals surface area contributed by atoms with E-state index < -0.39 is 12.0 Å². The summed E-state index contributed by atoms with van der Waals surface area (Å²) in [5.74, 6) is 0.975. The van der Waals surface area contributed by atoms with E-state index in [1.807, 2.05) is 48.5 Å². The van der Waals surface area contributed by atoms with Crippen molar-refractivity contribution in [2.45, 2.75) is 25.5 Å². The number of amides is 1. The van der Waals surface area contributed by atoms with Crippen molar-refractivity contribution in [2.75, 3.05) is 13.3 Å². The molecule has 1 N–H and O–H groups in total. The smallest absolute Gasteiger partial charge is 0.326 e. The molecule has 0 aliphatic carbocycles. The molecule has 3 aromatic rings. The number of ether oxygens (including phenoxy) is 3. The Balaban J connectivity index is 1.25. The molecular formula is C26H23NO6. The van der Waals surface area contributed by atoms with Gasteiger partial charge < -0.3 is 24.2 Å². The summed E-state index contributed by atoms with van der Waals surface area (Å²) in [5.41, 5.74) is 3.27. The Bertz CT molecular complexity index is 1190. The number of hydrogen-bond acceptors (Lipinski definition) is 5. The topological polar surface area (TPSA) is 85.3 Å². The Morgan fingerprint density at radius 2 is 1.85 bits per heavy atom. The van der Waals surface area contributed by atoms with Gasteiger partial charge in [0, 0.05) is 17.7 Å². The van der Waals surface area contributed by atoms with Crippen molar-refractivity contribution in [3.63, 3.8) is 0 Å². The molecule has 1 amide bonds. The molecule has 2 aliphatic heterocycles. The number of carbonyl (C=O) groups is 2. The third kappa shape index (κ3) is 4.22. The van der Waals surface area contributed by atoms with E-state index in [1.54, 1.807) is 18.2 Å². The molecule has 0 saturated carbocycles. The summed E-state index contributed by atoms with van der Waals surface area (Å²) < 4.78 is 17.0. The standard InChI is InChI=1S/C26H23NO6/c28-25(27-13-3-7-22(27)26(29)30)19-5-1-4-17(14-19)15-31-20-11-9-18(10-12-20)21-6-2-8-23-24(21)33-16-32-23/h1-2,4-6,8-12,14,22H,3,7,13,15-16H2,(H,29,30)/t22-/m0/s1. The second-order valence-corrected chi connectivity index (χ2v) is 8.05. The van der Waals surface area contributed by atoms with Crippen LogP contribution in [0.2, 0.25) is 0 Å². The maximum absolute atomic E-state index is 12.8. The molecule has 0 unspecified atom stereocenters. The van der Waals surface area contributed by atoms with Crippen LogP contribution in [0.25, 0.3) is 11.1 Å².